The molecular formula is C12H16N2O2. The van der Waals surface area contributed by atoms with Crippen molar-refractivity contribution in [3.8, 4) is 0 Å². The molecule has 0 amide bonds. The molecule has 0 radical (unpaired) electrons. The molecule has 2 aromatic heterocycles. The largest absolute Gasteiger partial charge is 0.468 e. The average molecular weight is 220 g/mol. The van der Waals surface area contributed by atoms with E-state index in [1.54, 1.807) is 6.26 Å². The zero-order chi connectivity index (χ0) is 11.5. The Kier molecular flexibility index (Phi) is 3.10. The van der Waals surface area contributed by atoms with Gasteiger partial charge in [-0.25, -0.2) is 4.98 Å². The molecule has 0 spiro atoms. The molecule has 2 heterocycles. The molecule has 0 aliphatic heterocycles. The van der Waals surface area contributed by atoms with Crippen LogP contribution in [0.15, 0.2) is 27.2 Å². The van der Waals surface area contributed by atoms with Gasteiger partial charge in [-0.2, -0.15) is 0 Å². The monoisotopic (exact) mass is 220 g/mol. The first kappa shape index (κ1) is 11.0. The SMILES string of the molecule is Cc1nc(CN[C@@H](C)c2ccco2)oc1C. The van der Waals surface area contributed by atoms with Crippen LogP contribution in [0.4, 0.5) is 0 Å². The summed E-state index contributed by atoms with van der Waals surface area (Å²) >= 11 is 0. The van der Waals surface area contributed by atoms with Crippen LogP contribution >= 0.6 is 0 Å². The van der Waals surface area contributed by atoms with Crippen molar-refractivity contribution in [2.45, 2.75) is 33.4 Å². The van der Waals surface area contributed by atoms with E-state index < -0.39 is 0 Å². The zero-order valence-corrected chi connectivity index (χ0v) is 9.78. The Morgan fingerprint density at radius 2 is 2.25 bits per heavy atom. The Balaban J connectivity index is 1.92. The highest BCUT2D eigenvalue weighted by Gasteiger charge is 2.10. The Bertz CT molecular complexity index is 426. The van der Waals surface area contributed by atoms with Crippen molar-refractivity contribution in [2.75, 3.05) is 0 Å². The molecule has 1 N–H and O–H groups in total. The van der Waals surface area contributed by atoms with Gasteiger partial charge in [0.05, 0.1) is 24.5 Å². The van der Waals surface area contributed by atoms with Crippen LogP contribution in [0.1, 0.15) is 36.1 Å². The number of rotatable bonds is 4. The standard InChI is InChI=1S/C12H16N2O2/c1-8-10(3)16-12(14-8)7-13-9(2)11-5-4-6-15-11/h4-6,9,13H,7H2,1-3H3/t9-/m0/s1. The molecule has 0 unspecified atom stereocenters. The van der Waals surface area contributed by atoms with E-state index in [-0.39, 0.29) is 6.04 Å². The molecule has 0 bridgehead atoms. The molecule has 1 atom stereocenters. The van der Waals surface area contributed by atoms with Crippen molar-refractivity contribution in [3.05, 3.63) is 41.5 Å². The van der Waals surface area contributed by atoms with Gasteiger partial charge in [0.2, 0.25) is 5.89 Å². The van der Waals surface area contributed by atoms with E-state index in [0.717, 1.165) is 17.2 Å². The predicted molar refractivity (Wildman–Crippen MR) is 59.9 cm³/mol. The lowest BCUT2D eigenvalue weighted by Gasteiger charge is -2.08. The van der Waals surface area contributed by atoms with E-state index in [4.69, 9.17) is 8.83 Å². The third-order valence-corrected chi connectivity index (χ3v) is 2.60. The molecule has 0 fully saturated rings. The molecule has 2 rings (SSSR count). The van der Waals surface area contributed by atoms with Gasteiger partial charge in [0.15, 0.2) is 0 Å². The maximum atomic E-state index is 5.48. The summed E-state index contributed by atoms with van der Waals surface area (Å²) in [6.07, 6.45) is 1.67. The van der Waals surface area contributed by atoms with E-state index in [0.29, 0.717) is 12.4 Å². The Hall–Kier alpha value is -1.55. The number of furan rings is 1. The van der Waals surface area contributed by atoms with Gasteiger partial charge in [0, 0.05) is 0 Å². The second-order valence-electron chi connectivity index (χ2n) is 3.87. The molecule has 86 valence electrons. The summed E-state index contributed by atoms with van der Waals surface area (Å²) in [5.41, 5.74) is 0.947. The van der Waals surface area contributed by atoms with Gasteiger partial charge in [0.25, 0.3) is 0 Å². The summed E-state index contributed by atoms with van der Waals surface area (Å²) in [6, 6.07) is 3.99. The topological polar surface area (TPSA) is 51.2 Å². The molecule has 16 heavy (non-hydrogen) atoms. The number of hydrogen-bond donors (Lipinski definition) is 1. The summed E-state index contributed by atoms with van der Waals surface area (Å²) in [5, 5.41) is 3.29. The van der Waals surface area contributed by atoms with Crippen LogP contribution in [0.5, 0.6) is 0 Å². The van der Waals surface area contributed by atoms with Crippen LogP contribution in [-0.4, -0.2) is 4.98 Å². The molecule has 4 nitrogen and oxygen atoms in total. The van der Waals surface area contributed by atoms with Gasteiger partial charge in [0.1, 0.15) is 11.5 Å². The van der Waals surface area contributed by atoms with Crippen LogP contribution in [0.2, 0.25) is 0 Å². The van der Waals surface area contributed by atoms with Crippen LogP contribution in [0.25, 0.3) is 0 Å². The first-order chi connectivity index (χ1) is 7.66. The van der Waals surface area contributed by atoms with Crippen molar-refractivity contribution >= 4 is 0 Å². The summed E-state index contributed by atoms with van der Waals surface area (Å²) in [4.78, 5) is 4.30. The predicted octanol–water partition coefficient (Wildman–Crippen LogP) is 2.74. The number of hydrogen-bond acceptors (Lipinski definition) is 4. The summed E-state index contributed by atoms with van der Waals surface area (Å²) in [7, 11) is 0. The fourth-order valence-corrected chi connectivity index (χ4v) is 1.49. The minimum absolute atomic E-state index is 0.155. The molecule has 0 saturated carbocycles. The van der Waals surface area contributed by atoms with Crippen molar-refractivity contribution in [1.82, 2.24) is 10.3 Å². The average Bonchev–Trinajstić information content (AvgIpc) is 2.86. The van der Waals surface area contributed by atoms with Gasteiger partial charge in [-0.05, 0) is 32.9 Å². The van der Waals surface area contributed by atoms with E-state index in [2.05, 4.69) is 10.3 Å². The maximum absolute atomic E-state index is 5.48. The minimum atomic E-state index is 0.155. The third-order valence-electron chi connectivity index (χ3n) is 2.60. The van der Waals surface area contributed by atoms with Crippen LogP contribution in [-0.2, 0) is 6.54 Å². The molecule has 0 aliphatic rings. The fraction of sp³-hybridized carbons (Fsp3) is 0.417. The van der Waals surface area contributed by atoms with E-state index in [1.807, 2.05) is 32.9 Å². The Labute approximate surface area is 94.7 Å². The molecule has 2 aromatic rings. The summed E-state index contributed by atoms with van der Waals surface area (Å²) < 4.78 is 10.8. The third kappa shape index (κ3) is 2.33. The maximum Gasteiger partial charge on any atom is 0.208 e. The van der Waals surface area contributed by atoms with Crippen LogP contribution < -0.4 is 5.32 Å². The Morgan fingerprint density at radius 3 is 2.81 bits per heavy atom. The fourth-order valence-electron chi connectivity index (χ4n) is 1.49. The van der Waals surface area contributed by atoms with E-state index in [1.165, 1.54) is 0 Å². The smallest absolute Gasteiger partial charge is 0.208 e. The first-order valence-electron chi connectivity index (χ1n) is 5.36. The highest BCUT2D eigenvalue weighted by Crippen LogP contribution is 2.14. The summed E-state index contributed by atoms with van der Waals surface area (Å²) in [5.74, 6) is 2.51. The minimum Gasteiger partial charge on any atom is -0.468 e. The zero-order valence-electron chi connectivity index (χ0n) is 9.78. The number of aromatic nitrogens is 1. The molecule has 0 aromatic carbocycles. The Morgan fingerprint density at radius 1 is 1.44 bits per heavy atom. The lowest BCUT2D eigenvalue weighted by atomic mass is 10.2. The number of oxazole rings is 1. The quantitative estimate of drug-likeness (QED) is 0.860. The second-order valence-corrected chi connectivity index (χ2v) is 3.87. The normalized spacial score (nSPS) is 12.9. The van der Waals surface area contributed by atoms with Crippen LogP contribution in [0.3, 0.4) is 0 Å². The van der Waals surface area contributed by atoms with Crippen molar-refractivity contribution in [2.24, 2.45) is 0 Å². The molecule has 4 heteroatoms. The van der Waals surface area contributed by atoms with Crippen molar-refractivity contribution in [3.63, 3.8) is 0 Å². The first-order valence-corrected chi connectivity index (χ1v) is 5.36. The molecule has 0 aliphatic carbocycles. The lowest BCUT2D eigenvalue weighted by Crippen LogP contribution is -2.17. The van der Waals surface area contributed by atoms with Gasteiger partial charge in [-0.15, -0.1) is 0 Å². The number of nitrogens with zero attached hydrogens (tertiary/aromatic N) is 1. The van der Waals surface area contributed by atoms with Gasteiger partial charge in [-0.3, -0.25) is 5.32 Å². The number of aryl methyl sites for hydroxylation is 2. The molecular weight excluding hydrogens is 204 g/mol. The van der Waals surface area contributed by atoms with Gasteiger partial charge < -0.3 is 8.83 Å². The van der Waals surface area contributed by atoms with Crippen LogP contribution in [0, 0.1) is 13.8 Å². The lowest BCUT2D eigenvalue weighted by molar-refractivity contribution is 0.395. The highest BCUT2D eigenvalue weighted by atomic mass is 16.4. The summed E-state index contributed by atoms with van der Waals surface area (Å²) in [6.45, 7) is 6.51. The van der Waals surface area contributed by atoms with Crippen molar-refractivity contribution < 1.29 is 8.83 Å². The second kappa shape index (κ2) is 4.53. The van der Waals surface area contributed by atoms with Crippen molar-refractivity contribution in [1.29, 1.82) is 0 Å². The molecule has 0 saturated heterocycles. The van der Waals surface area contributed by atoms with Gasteiger partial charge in [-0.1, -0.05) is 0 Å². The highest BCUT2D eigenvalue weighted by molar-refractivity contribution is 5.06. The van der Waals surface area contributed by atoms with E-state index >= 15 is 0 Å². The number of nitrogens with one attached hydrogen (secondary N) is 1. The van der Waals surface area contributed by atoms with Gasteiger partial charge >= 0.3 is 0 Å². The van der Waals surface area contributed by atoms with E-state index in [9.17, 15) is 0 Å².